The summed E-state index contributed by atoms with van der Waals surface area (Å²) in [6.45, 7) is 4.80. The van der Waals surface area contributed by atoms with Crippen molar-refractivity contribution in [2.75, 3.05) is 0 Å². The van der Waals surface area contributed by atoms with Gasteiger partial charge in [0.25, 0.3) is 0 Å². The number of allylic oxidation sites excluding steroid dienone is 2. The van der Waals surface area contributed by atoms with Gasteiger partial charge in [-0.3, -0.25) is 0 Å². The van der Waals surface area contributed by atoms with Crippen LogP contribution in [0.4, 0.5) is 0 Å². The van der Waals surface area contributed by atoms with Crippen molar-refractivity contribution in [2.24, 2.45) is 0 Å². The second kappa shape index (κ2) is 6.01. The minimum Gasteiger partial charge on any atom is -0.305 e. The smallest absolute Gasteiger partial charge is 0.160 e. The van der Waals surface area contributed by atoms with Crippen molar-refractivity contribution in [2.45, 2.75) is 57.9 Å². The molecule has 0 radical (unpaired) electrons. The third kappa shape index (κ3) is 2.71. The van der Waals surface area contributed by atoms with Crippen molar-refractivity contribution >= 4 is 11.2 Å². The minimum absolute atomic E-state index is 0.548. The molecular formula is C21H23N5. The van der Waals surface area contributed by atoms with Crippen molar-refractivity contribution in [3.63, 3.8) is 0 Å². The lowest BCUT2D eigenvalue weighted by molar-refractivity contribution is 0.690. The van der Waals surface area contributed by atoms with E-state index in [1.54, 1.807) is 0 Å². The summed E-state index contributed by atoms with van der Waals surface area (Å²) in [6, 6.07) is 2.11. The zero-order valence-corrected chi connectivity index (χ0v) is 15.3. The zero-order valence-electron chi connectivity index (χ0n) is 15.3. The van der Waals surface area contributed by atoms with E-state index >= 15 is 0 Å². The predicted molar refractivity (Wildman–Crippen MR) is 101 cm³/mol. The van der Waals surface area contributed by atoms with Gasteiger partial charge in [-0.2, -0.15) is 0 Å². The van der Waals surface area contributed by atoms with E-state index in [1.165, 1.54) is 24.0 Å². The molecule has 0 bridgehead atoms. The number of hydrogen-bond donors (Lipinski definition) is 0. The van der Waals surface area contributed by atoms with Gasteiger partial charge in [0.2, 0.25) is 0 Å². The van der Waals surface area contributed by atoms with Crippen LogP contribution in [-0.4, -0.2) is 24.5 Å². The van der Waals surface area contributed by atoms with E-state index in [0.717, 1.165) is 41.3 Å². The molecule has 0 amide bonds. The molecule has 3 aromatic rings. The molecule has 5 heteroatoms. The van der Waals surface area contributed by atoms with Gasteiger partial charge in [-0.15, -0.1) is 0 Å². The molecule has 3 aromatic heterocycles. The lowest BCUT2D eigenvalue weighted by Crippen LogP contribution is -2.09. The number of imidazole rings is 1. The lowest BCUT2D eigenvalue weighted by Gasteiger charge is -2.11. The van der Waals surface area contributed by atoms with Gasteiger partial charge in [-0.05, 0) is 62.6 Å². The molecule has 3 heterocycles. The first-order chi connectivity index (χ1) is 12.7. The van der Waals surface area contributed by atoms with E-state index in [-0.39, 0.29) is 0 Å². The van der Waals surface area contributed by atoms with Crippen LogP contribution in [0.3, 0.4) is 0 Å². The fourth-order valence-electron chi connectivity index (χ4n) is 3.92. The summed E-state index contributed by atoms with van der Waals surface area (Å²) in [5.41, 5.74) is 5.45. The zero-order chi connectivity index (χ0) is 17.7. The Morgan fingerprint density at radius 1 is 1.00 bits per heavy atom. The van der Waals surface area contributed by atoms with Gasteiger partial charge in [0, 0.05) is 24.0 Å². The number of nitrogens with zero attached hydrogens (tertiary/aromatic N) is 5. The van der Waals surface area contributed by atoms with Crippen LogP contribution in [0.5, 0.6) is 0 Å². The van der Waals surface area contributed by atoms with Crippen LogP contribution in [0.1, 0.15) is 66.0 Å². The van der Waals surface area contributed by atoms with Gasteiger partial charge >= 0.3 is 0 Å². The SMILES string of the molecule is Cc1cc(C)c2nc(C3CC3)n(Cc3ncc(C4CC=CC4)cn3)c2n1. The van der Waals surface area contributed by atoms with Crippen molar-refractivity contribution in [1.82, 2.24) is 24.5 Å². The van der Waals surface area contributed by atoms with Gasteiger partial charge in [0.1, 0.15) is 17.2 Å². The summed E-state index contributed by atoms with van der Waals surface area (Å²) in [7, 11) is 0. The maximum Gasteiger partial charge on any atom is 0.160 e. The number of fused-ring (bicyclic) bond motifs is 1. The fraction of sp³-hybridized carbons (Fsp3) is 0.429. The van der Waals surface area contributed by atoms with Gasteiger partial charge in [0.05, 0.1) is 6.54 Å². The highest BCUT2D eigenvalue weighted by atomic mass is 15.2. The van der Waals surface area contributed by atoms with Gasteiger partial charge in [-0.25, -0.2) is 19.9 Å². The number of pyridine rings is 1. The molecule has 0 aliphatic heterocycles. The van der Waals surface area contributed by atoms with Crippen LogP contribution < -0.4 is 0 Å². The Hall–Kier alpha value is -2.56. The molecule has 2 aliphatic carbocycles. The molecule has 5 rings (SSSR count). The highest BCUT2D eigenvalue weighted by Crippen LogP contribution is 2.41. The van der Waals surface area contributed by atoms with Crippen LogP contribution in [0, 0.1) is 13.8 Å². The fourth-order valence-corrected chi connectivity index (χ4v) is 3.92. The van der Waals surface area contributed by atoms with Crippen molar-refractivity contribution in [3.8, 4) is 0 Å². The molecule has 1 fully saturated rings. The third-order valence-corrected chi connectivity index (χ3v) is 5.50. The summed E-state index contributed by atoms with van der Waals surface area (Å²) >= 11 is 0. The number of aryl methyl sites for hydroxylation is 2. The van der Waals surface area contributed by atoms with Crippen molar-refractivity contribution < 1.29 is 0 Å². The Morgan fingerprint density at radius 2 is 1.73 bits per heavy atom. The molecule has 0 saturated heterocycles. The highest BCUT2D eigenvalue weighted by molar-refractivity contribution is 5.76. The Bertz CT molecular complexity index is 987. The van der Waals surface area contributed by atoms with E-state index in [1.807, 2.05) is 19.3 Å². The summed E-state index contributed by atoms with van der Waals surface area (Å²) < 4.78 is 2.24. The maximum atomic E-state index is 4.93. The molecule has 0 aromatic carbocycles. The Morgan fingerprint density at radius 3 is 2.42 bits per heavy atom. The Balaban J connectivity index is 1.51. The van der Waals surface area contributed by atoms with E-state index in [0.29, 0.717) is 18.4 Å². The molecule has 5 nitrogen and oxygen atoms in total. The van der Waals surface area contributed by atoms with Crippen molar-refractivity contribution in [1.29, 1.82) is 0 Å². The number of hydrogen-bond acceptors (Lipinski definition) is 4. The third-order valence-electron chi connectivity index (χ3n) is 5.50. The quantitative estimate of drug-likeness (QED) is 0.665. The minimum atomic E-state index is 0.548. The highest BCUT2D eigenvalue weighted by Gasteiger charge is 2.30. The molecule has 0 atom stereocenters. The molecule has 2 aliphatic rings. The van der Waals surface area contributed by atoms with Crippen molar-refractivity contribution in [3.05, 3.63) is 59.1 Å². The monoisotopic (exact) mass is 345 g/mol. The Kier molecular flexibility index (Phi) is 3.62. The average molecular weight is 345 g/mol. The molecular weight excluding hydrogens is 322 g/mol. The lowest BCUT2D eigenvalue weighted by atomic mass is 10.0. The Labute approximate surface area is 153 Å². The second-order valence-corrected chi connectivity index (χ2v) is 7.66. The first-order valence-corrected chi connectivity index (χ1v) is 9.49. The van der Waals surface area contributed by atoms with Gasteiger partial charge in [0.15, 0.2) is 5.65 Å². The van der Waals surface area contributed by atoms with E-state index in [9.17, 15) is 0 Å². The van der Waals surface area contributed by atoms with E-state index in [2.05, 4.69) is 39.7 Å². The first kappa shape index (κ1) is 15.7. The summed E-state index contributed by atoms with van der Waals surface area (Å²) in [6.07, 6.45) is 13.1. The van der Waals surface area contributed by atoms with Gasteiger partial charge < -0.3 is 4.57 Å². The molecule has 0 N–H and O–H groups in total. The summed E-state index contributed by atoms with van der Waals surface area (Å²) in [5, 5.41) is 0. The first-order valence-electron chi connectivity index (χ1n) is 9.49. The summed E-state index contributed by atoms with van der Waals surface area (Å²) in [5.74, 6) is 3.09. The topological polar surface area (TPSA) is 56.5 Å². The second-order valence-electron chi connectivity index (χ2n) is 7.66. The van der Waals surface area contributed by atoms with Gasteiger partial charge in [-0.1, -0.05) is 12.2 Å². The number of rotatable bonds is 4. The molecule has 26 heavy (non-hydrogen) atoms. The predicted octanol–water partition coefficient (Wildman–Crippen LogP) is 4.20. The molecule has 0 spiro atoms. The van der Waals surface area contributed by atoms with Crippen LogP contribution >= 0.6 is 0 Å². The van der Waals surface area contributed by atoms with Crippen LogP contribution in [0.2, 0.25) is 0 Å². The summed E-state index contributed by atoms with van der Waals surface area (Å²) in [4.78, 5) is 19.0. The van der Waals surface area contributed by atoms with E-state index < -0.39 is 0 Å². The molecule has 1 saturated carbocycles. The van der Waals surface area contributed by atoms with Crippen LogP contribution in [0.25, 0.3) is 11.2 Å². The van der Waals surface area contributed by atoms with Crippen LogP contribution in [0.15, 0.2) is 30.6 Å². The molecule has 0 unspecified atom stereocenters. The normalized spacial score (nSPS) is 17.5. The average Bonchev–Trinajstić information content (AvgIpc) is 3.20. The molecule has 132 valence electrons. The maximum absolute atomic E-state index is 4.93. The standard InChI is InChI=1S/C21H23N5/c1-13-9-14(2)24-21-19(13)25-20(16-7-8-16)26(21)12-18-22-10-17(11-23-18)15-5-3-4-6-15/h3-4,9-11,15-16H,5-8,12H2,1-2H3. The number of aromatic nitrogens is 5. The van der Waals surface area contributed by atoms with E-state index in [4.69, 9.17) is 9.97 Å². The van der Waals surface area contributed by atoms with Crippen LogP contribution in [-0.2, 0) is 6.54 Å². The largest absolute Gasteiger partial charge is 0.305 e.